The molecule has 98 valence electrons. The Morgan fingerprint density at radius 3 is 2.50 bits per heavy atom. The summed E-state index contributed by atoms with van der Waals surface area (Å²) in [5, 5.41) is 3.41. The Morgan fingerprint density at radius 1 is 1.06 bits per heavy atom. The van der Waals surface area contributed by atoms with Gasteiger partial charge in [-0.15, -0.1) is 0 Å². The third-order valence-corrected chi connectivity index (χ3v) is 2.51. The zero-order valence-electron chi connectivity index (χ0n) is 11.1. The van der Waals surface area contributed by atoms with Gasteiger partial charge in [0.25, 0.3) is 0 Å². The Balaban J connectivity index is 3.26. The third kappa shape index (κ3) is 10.4. The van der Waals surface area contributed by atoms with Crippen molar-refractivity contribution in [1.29, 1.82) is 0 Å². The molecule has 4 heteroatoms. The molecule has 0 spiro atoms. The van der Waals surface area contributed by atoms with Crippen LogP contribution in [0, 0.1) is 0 Å². The van der Waals surface area contributed by atoms with Gasteiger partial charge in [0.15, 0.2) is 0 Å². The Labute approximate surface area is 100 Å². The molecule has 0 atom stereocenters. The lowest BCUT2D eigenvalue weighted by atomic mass is 10.4. The van der Waals surface area contributed by atoms with Crippen LogP contribution in [0.2, 0.25) is 0 Å². The summed E-state index contributed by atoms with van der Waals surface area (Å²) < 4.78 is 10.3. The quantitative estimate of drug-likeness (QED) is 0.508. The van der Waals surface area contributed by atoms with E-state index in [9.17, 15) is 0 Å². The van der Waals surface area contributed by atoms with Crippen LogP contribution in [-0.4, -0.2) is 64.6 Å². The van der Waals surface area contributed by atoms with Crippen LogP contribution in [0.25, 0.3) is 0 Å². The van der Waals surface area contributed by atoms with Gasteiger partial charge in [-0.25, -0.2) is 0 Å². The average molecular weight is 232 g/mol. The summed E-state index contributed by atoms with van der Waals surface area (Å²) in [7, 11) is 1.74. The molecule has 16 heavy (non-hydrogen) atoms. The summed E-state index contributed by atoms with van der Waals surface area (Å²) in [5.41, 5.74) is 0. The van der Waals surface area contributed by atoms with Crippen LogP contribution < -0.4 is 5.32 Å². The van der Waals surface area contributed by atoms with Gasteiger partial charge in [0.05, 0.1) is 6.61 Å². The van der Waals surface area contributed by atoms with Crippen LogP contribution >= 0.6 is 0 Å². The highest BCUT2D eigenvalue weighted by molar-refractivity contribution is 4.57. The minimum absolute atomic E-state index is 0.812. The Kier molecular flexibility index (Phi) is 12.8. The third-order valence-electron chi connectivity index (χ3n) is 2.51. The maximum absolute atomic E-state index is 5.35. The molecule has 0 aromatic heterocycles. The highest BCUT2D eigenvalue weighted by atomic mass is 16.5. The van der Waals surface area contributed by atoms with E-state index in [2.05, 4.69) is 17.1 Å². The predicted octanol–water partition coefficient (Wildman–Crippen LogP) is 0.971. The summed E-state index contributed by atoms with van der Waals surface area (Å²) in [4.78, 5) is 2.40. The van der Waals surface area contributed by atoms with Crippen molar-refractivity contribution in [3.8, 4) is 0 Å². The molecule has 0 aromatic rings. The zero-order chi connectivity index (χ0) is 12.1. The van der Waals surface area contributed by atoms with Crippen molar-refractivity contribution in [2.45, 2.75) is 20.3 Å². The van der Waals surface area contributed by atoms with E-state index in [1.54, 1.807) is 7.11 Å². The molecule has 1 N–H and O–H groups in total. The average Bonchev–Trinajstić information content (AvgIpc) is 2.31. The number of likely N-dealkylation sites (N-methyl/N-ethyl adjacent to an activating group) is 1. The molecule has 0 amide bonds. The maximum Gasteiger partial charge on any atom is 0.0593 e. The van der Waals surface area contributed by atoms with Crippen LogP contribution in [0.5, 0.6) is 0 Å². The lowest BCUT2D eigenvalue weighted by Crippen LogP contribution is -2.34. The highest BCUT2D eigenvalue weighted by Crippen LogP contribution is 1.87. The number of hydrogen-bond acceptors (Lipinski definition) is 4. The topological polar surface area (TPSA) is 33.7 Å². The van der Waals surface area contributed by atoms with Crippen molar-refractivity contribution >= 4 is 0 Å². The highest BCUT2D eigenvalue weighted by Gasteiger charge is 2.00. The SMILES string of the molecule is CCOCCN(CC)CCNCCCOC. The second-order valence-corrected chi connectivity index (χ2v) is 3.73. The summed E-state index contributed by atoms with van der Waals surface area (Å²) in [6, 6.07) is 0. The smallest absolute Gasteiger partial charge is 0.0593 e. The normalized spacial score (nSPS) is 11.2. The molecule has 0 saturated heterocycles. The molecule has 0 aliphatic carbocycles. The fraction of sp³-hybridized carbons (Fsp3) is 1.00. The van der Waals surface area contributed by atoms with Gasteiger partial charge < -0.3 is 19.7 Å². The molecule has 0 fully saturated rings. The second kappa shape index (κ2) is 12.9. The minimum Gasteiger partial charge on any atom is -0.385 e. The van der Waals surface area contributed by atoms with Crippen LogP contribution in [0.3, 0.4) is 0 Å². The van der Waals surface area contributed by atoms with E-state index in [1.165, 1.54) is 0 Å². The minimum atomic E-state index is 0.812. The van der Waals surface area contributed by atoms with Crippen molar-refractivity contribution in [2.24, 2.45) is 0 Å². The first-order chi connectivity index (χ1) is 7.85. The molecule has 0 aliphatic heterocycles. The number of methoxy groups -OCH3 is 1. The molecule has 0 unspecified atom stereocenters. The van der Waals surface area contributed by atoms with E-state index in [0.29, 0.717) is 0 Å². The number of nitrogens with zero attached hydrogens (tertiary/aromatic N) is 1. The van der Waals surface area contributed by atoms with Gasteiger partial charge >= 0.3 is 0 Å². The van der Waals surface area contributed by atoms with E-state index < -0.39 is 0 Å². The Morgan fingerprint density at radius 2 is 1.88 bits per heavy atom. The summed E-state index contributed by atoms with van der Waals surface area (Å²) >= 11 is 0. The largest absolute Gasteiger partial charge is 0.385 e. The van der Waals surface area contributed by atoms with Crippen LogP contribution in [-0.2, 0) is 9.47 Å². The Hall–Kier alpha value is -0.160. The van der Waals surface area contributed by atoms with Crippen molar-refractivity contribution in [2.75, 3.05) is 59.7 Å². The molecule has 0 rings (SSSR count). The predicted molar refractivity (Wildman–Crippen MR) is 68.0 cm³/mol. The summed E-state index contributed by atoms with van der Waals surface area (Å²) in [6.07, 6.45) is 1.08. The Bertz CT molecular complexity index is 134. The van der Waals surface area contributed by atoms with Gasteiger partial charge in [-0.2, -0.15) is 0 Å². The van der Waals surface area contributed by atoms with Crippen LogP contribution in [0.1, 0.15) is 20.3 Å². The summed E-state index contributed by atoms with van der Waals surface area (Å²) in [6.45, 7) is 12.0. The lowest BCUT2D eigenvalue weighted by Gasteiger charge is -2.20. The van der Waals surface area contributed by atoms with Crippen LogP contribution in [0.4, 0.5) is 0 Å². The van der Waals surface area contributed by atoms with Gasteiger partial charge in [-0.05, 0) is 26.4 Å². The fourth-order valence-electron chi connectivity index (χ4n) is 1.47. The molecule has 0 heterocycles. The standard InChI is InChI=1S/C12H28N2O2/c1-4-14(10-12-16-5-2)9-8-13-7-6-11-15-3/h13H,4-12H2,1-3H3. The molecule has 0 bridgehead atoms. The molecule has 0 saturated carbocycles. The maximum atomic E-state index is 5.35. The van der Waals surface area contributed by atoms with Crippen molar-refractivity contribution < 1.29 is 9.47 Å². The molecular formula is C12H28N2O2. The van der Waals surface area contributed by atoms with E-state index in [0.717, 1.165) is 59.0 Å². The number of ether oxygens (including phenoxy) is 2. The van der Waals surface area contributed by atoms with E-state index in [-0.39, 0.29) is 0 Å². The van der Waals surface area contributed by atoms with Gasteiger partial charge in [0.1, 0.15) is 0 Å². The zero-order valence-corrected chi connectivity index (χ0v) is 11.1. The van der Waals surface area contributed by atoms with Gasteiger partial charge in [-0.1, -0.05) is 6.92 Å². The summed E-state index contributed by atoms with van der Waals surface area (Å²) in [5.74, 6) is 0. The van der Waals surface area contributed by atoms with Crippen molar-refractivity contribution in [3.05, 3.63) is 0 Å². The lowest BCUT2D eigenvalue weighted by molar-refractivity contribution is 0.115. The number of hydrogen-bond donors (Lipinski definition) is 1. The number of nitrogens with one attached hydrogen (secondary N) is 1. The first-order valence-electron chi connectivity index (χ1n) is 6.34. The first kappa shape index (κ1) is 15.8. The van der Waals surface area contributed by atoms with Crippen molar-refractivity contribution in [3.63, 3.8) is 0 Å². The first-order valence-corrected chi connectivity index (χ1v) is 6.34. The van der Waals surface area contributed by atoms with Crippen LogP contribution in [0.15, 0.2) is 0 Å². The molecule has 0 aliphatic rings. The number of rotatable bonds is 12. The van der Waals surface area contributed by atoms with E-state index >= 15 is 0 Å². The van der Waals surface area contributed by atoms with Gasteiger partial charge in [-0.3, -0.25) is 0 Å². The van der Waals surface area contributed by atoms with Crippen molar-refractivity contribution in [1.82, 2.24) is 10.2 Å². The molecule has 0 radical (unpaired) electrons. The molecular weight excluding hydrogens is 204 g/mol. The van der Waals surface area contributed by atoms with Gasteiger partial charge in [0.2, 0.25) is 0 Å². The van der Waals surface area contributed by atoms with Gasteiger partial charge in [0, 0.05) is 40.0 Å². The second-order valence-electron chi connectivity index (χ2n) is 3.73. The monoisotopic (exact) mass is 232 g/mol. The molecule has 0 aromatic carbocycles. The molecule has 4 nitrogen and oxygen atoms in total. The van der Waals surface area contributed by atoms with E-state index in [4.69, 9.17) is 9.47 Å². The van der Waals surface area contributed by atoms with E-state index in [1.807, 2.05) is 6.92 Å². The fourth-order valence-corrected chi connectivity index (χ4v) is 1.47.